The first-order chi connectivity index (χ1) is 9.20. The third-order valence-corrected chi connectivity index (χ3v) is 3.94. The van der Waals surface area contributed by atoms with Crippen LogP contribution in [0.15, 0.2) is 18.2 Å². The molecule has 0 amide bonds. The van der Waals surface area contributed by atoms with Crippen LogP contribution in [0.5, 0.6) is 0 Å². The van der Waals surface area contributed by atoms with E-state index in [9.17, 15) is 5.26 Å². The number of para-hydroxylation sites is 1. The van der Waals surface area contributed by atoms with Crippen LogP contribution in [0.25, 0.3) is 11.0 Å². The van der Waals surface area contributed by atoms with Gasteiger partial charge in [0.25, 0.3) is 0 Å². The number of imidazole rings is 1. The standard InChI is InChI=1S/C15H16ClN3/c1-10(16)15-18-14-12(9-17)3-2-4-13(14)19(15)8-7-11-5-6-11/h2-4,10-11H,5-8H2,1H3. The van der Waals surface area contributed by atoms with Crippen molar-refractivity contribution in [3.8, 4) is 6.07 Å². The van der Waals surface area contributed by atoms with Crippen molar-refractivity contribution < 1.29 is 0 Å². The number of rotatable bonds is 4. The molecule has 98 valence electrons. The molecule has 3 nitrogen and oxygen atoms in total. The zero-order valence-corrected chi connectivity index (χ0v) is 11.7. The Labute approximate surface area is 117 Å². The number of alkyl halides is 1. The van der Waals surface area contributed by atoms with Gasteiger partial charge in [-0.3, -0.25) is 0 Å². The van der Waals surface area contributed by atoms with E-state index in [0.717, 1.165) is 29.3 Å². The molecule has 1 aliphatic carbocycles. The van der Waals surface area contributed by atoms with Gasteiger partial charge in [-0.15, -0.1) is 11.6 Å². The highest BCUT2D eigenvalue weighted by Gasteiger charge is 2.23. The lowest BCUT2D eigenvalue weighted by molar-refractivity contribution is 0.585. The van der Waals surface area contributed by atoms with Crippen molar-refractivity contribution >= 4 is 22.6 Å². The van der Waals surface area contributed by atoms with E-state index in [-0.39, 0.29) is 5.38 Å². The van der Waals surface area contributed by atoms with E-state index in [1.165, 1.54) is 19.3 Å². The molecule has 1 aliphatic rings. The summed E-state index contributed by atoms with van der Waals surface area (Å²) in [6, 6.07) is 7.96. The summed E-state index contributed by atoms with van der Waals surface area (Å²) >= 11 is 6.24. The molecule has 3 rings (SSSR count). The van der Waals surface area contributed by atoms with Crippen LogP contribution in [-0.2, 0) is 6.54 Å². The topological polar surface area (TPSA) is 41.6 Å². The van der Waals surface area contributed by atoms with Gasteiger partial charge in [0.1, 0.15) is 17.4 Å². The molecule has 1 atom stereocenters. The Kier molecular flexibility index (Phi) is 3.20. The van der Waals surface area contributed by atoms with Crippen LogP contribution >= 0.6 is 11.6 Å². The maximum Gasteiger partial charge on any atom is 0.127 e. The first kappa shape index (κ1) is 12.5. The number of aromatic nitrogens is 2. The fraction of sp³-hybridized carbons (Fsp3) is 0.467. The van der Waals surface area contributed by atoms with Gasteiger partial charge in [0, 0.05) is 6.54 Å². The van der Waals surface area contributed by atoms with Crippen molar-refractivity contribution in [2.24, 2.45) is 5.92 Å². The number of fused-ring (bicyclic) bond motifs is 1. The van der Waals surface area contributed by atoms with E-state index >= 15 is 0 Å². The molecule has 19 heavy (non-hydrogen) atoms. The molecule has 0 bridgehead atoms. The molecule has 1 saturated carbocycles. The normalized spacial score (nSPS) is 16.5. The van der Waals surface area contributed by atoms with Gasteiger partial charge in [-0.25, -0.2) is 4.98 Å². The van der Waals surface area contributed by atoms with Crippen molar-refractivity contribution in [2.45, 2.75) is 38.1 Å². The van der Waals surface area contributed by atoms with E-state index in [0.29, 0.717) is 5.56 Å². The van der Waals surface area contributed by atoms with Gasteiger partial charge in [-0.05, 0) is 31.4 Å². The van der Waals surface area contributed by atoms with Crippen LogP contribution in [0, 0.1) is 17.2 Å². The van der Waals surface area contributed by atoms with Crippen LogP contribution in [0.2, 0.25) is 0 Å². The largest absolute Gasteiger partial charge is 0.327 e. The van der Waals surface area contributed by atoms with Gasteiger partial charge >= 0.3 is 0 Å². The predicted molar refractivity (Wildman–Crippen MR) is 76.1 cm³/mol. The minimum absolute atomic E-state index is 0.141. The maximum absolute atomic E-state index is 9.17. The van der Waals surface area contributed by atoms with Gasteiger partial charge < -0.3 is 4.57 Å². The number of nitriles is 1. The Morgan fingerprint density at radius 2 is 2.32 bits per heavy atom. The number of hydrogen-bond donors (Lipinski definition) is 0. The molecule has 1 fully saturated rings. The predicted octanol–water partition coefficient (Wildman–Crippen LogP) is 4.01. The summed E-state index contributed by atoms with van der Waals surface area (Å²) in [6.07, 6.45) is 3.88. The minimum atomic E-state index is -0.141. The molecule has 1 heterocycles. The summed E-state index contributed by atoms with van der Waals surface area (Å²) < 4.78 is 2.19. The summed E-state index contributed by atoms with van der Waals surface area (Å²) in [5.41, 5.74) is 2.44. The zero-order chi connectivity index (χ0) is 13.4. The second-order valence-corrected chi connectivity index (χ2v) is 5.91. The maximum atomic E-state index is 9.17. The van der Waals surface area contributed by atoms with Crippen molar-refractivity contribution in [2.75, 3.05) is 0 Å². The first-order valence-electron chi connectivity index (χ1n) is 6.74. The summed E-state index contributed by atoms with van der Waals surface area (Å²) in [5.74, 6) is 1.75. The van der Waals surface area contributed by atoms with Crippen LogP contribution < -0.4 is 0 Å². The fourth-order valence-corrected chi connectivity index (χ4v) is 2.68. The van der Waals surface area contributed by atoms with Crippen molar-refractivity contribution in [3.05, 3.63) is 29.6 Å². The van der Waals surface area contributed by atoms with Crippen molar-refractivity contribution in [1.29, 1.82) is 5.26 Å². The highest BCUT2D eigenvalue weighted by molar-refractivity contribution is 6.20. The zero-order valence-electron chi connectivity index (χ0n) is 10.9. The highest BCUT2D eigenvalue weighted by atomic mass is 35.5. The lowest BCUT2D eigenvalue weighted by Crippen LogP contribution is -2.05. The Morgan fingerprint density at radius 3 is 2.95 bits per heavy atom. The van der Waals surface area contributed by atoms with Crippen LogP contribution in [0.3, 0.4) is 0 Å². The van der Waals surface area contributed by atoms with Crippen molar-refractivity contribution in [3.63, 3.8) is 0 Å². The number of aryl methyl sites for hydroxylation is 1. The van der Waals surface area contributed by atoms with E-state index in [2.05, 4.69) is 15.6 Å². The number of benzene rings is 1. The lowest BCUT2D eigenvalue weighted by Gasteiger charge is -2.09. The minimum Gasteiger partial charge on any atom is -0.327 e. The third kappa shape index (κ3) is 2.33. The molecular weight excluding hydrogens is 258 g/mol. The Bertz CT molecular complexity index is 647. The highest BCUT2D eigenvalue weighted by Crippen LogP contribution is 2.34. The Morgan fingerprint density at radius 1 is 1.53 bits per heavy atom. The summed E-state index contributed by atoms with van der Waals surface area (Å²) in [7, 11) is 0. The smallest absolute Gasteiger partial charge is 0.127 e. The monoisotopic (exact) mass is 273 g/mol. The Balaban J connectivity index is 2.09. The van der Waals surface area contributed by atoms with E-state index in [1.807, 2.05) is 25.1 Å². The summed E-state index contributed by atoms with van der Waals surface area (Å²) in [4.78, 5) is 4.59. The SMILES string of the molecule is CC(Cl)c1nc2c(C#N)cccc2n1CCC1CC1. The van der Waals surface area contributed by atoms with Gasteiger partial charge in [-0.1, -0.05) is 18.9 Å². The number of nitrogens with zero attached hydrogens (tertiary/aromatic N) is 3. The van der Waals surface area contributed by atoms with Gasteiger partial charge in [-0.2, -0.15) is 5.26 Å². The van der Waals surface area contributed by atoms with E-state index < -0.39 is 0 Å². The quantitative estimate of drug-likeness (QED) is 0.790. The first-order valence-corrected chi connectivity index (χ1v) is 7.17. The molecule has 1 aromatic carbocycles. The molecule has 0 N–H and O–H groups in total. The average molecular weight is 274 g/mol. The lowest BCUT2D eigenvalue weighted by atomic mass is 10.2. The molecule has 1 unspecified atom stereocenters. The molecule has 1 aromatic heterocycles. The molecule has 0 saturated heterocycles. The molecule has 4 heteroatoms. The second-order valence-electron chi connectivity index (χ2n) is 5.25. The molecule has 0 spiro atoms. The van der Waals surface area contributed by atoms with E-state index in [1.54, 1.807) is 0 Å². The van der Waals surface area contributed by atoms with Crippen molar-refractivity contribution in [1.82, 2.24) is 9.55 Å². The molecule has 2 aromatic rings. The Hall–Kier alpha value is -1.53. The third-order valence-electron chi connectivity index (χ3n) is 3.74. The summed E-state index contributed by atoms with van der Waals surface area (Å²) in [5, 5.41) is 9.03. The number of halogens is 1. The fourth-order valence-electron chi connectivity index (χ4n) is 2.51. The van der Waals surface area contributed by atoms with E-state index in [4.69, 9.17) is 11.6 Å². The number of hydrogen-bond acceptors (Lipinski definition) is 2. The molecule has 0 aliphatic heterocycles. The second kappa shape index (κ2) is 4.86. The van der Waals surface area contributed by atoms with Crippen LogP contribution in [0.1, 0.15) is 43.0 Å². The molecule has 0 radical (unpaired) electrons. The van der Waals surface area contributed by atoms with Crippen LogP contribution in [0.4, 0.5) is 0 Å². The molecular formula is C15H16ClN3. The van der Waals surface area contributed by atoms with Gasteiger partial charge in [0.2, 0.25) is 0 Å². The summed E-state index contributed by atoms with van der Waals surface area (Å²) in [6.45, 7) is 2.88. The average Bonchev–Trinajstić information content (AvgIpc) is 3.15. The van der Waals surface area contributed by atoms with Gasteiger partial charge in [0.15, 0.2) is 0 Å². The van der Waals surface area contributed by atoms with Crippen LogP contribution in [-0.4, -0.2) is 9.55 Å². The van der Waals surface area contributed by atoms with Gasteiger partial charge in [0.05, 0.1) is 16.5 Å².